The predicted octanol–water partition coefficient (Wildman–Crippen LogP) is -0.590. The molecule has 1 rings (SSSR count). The van der Waals surface area contributed by atoms with Gasteiger partial charge in [0.25, 0.3) is 0 Å². The first-order valence-corrected chi connectivity index (χ1v) is 2.05. The molecule has 0 aromatic carbocycles. The molecule has 3 heteroatoms. The van der Waals surface area contributed by atoms with Crippen molar-refractivity contribution < 1.29 is 4.79 Å². The minimum Gasteiger partial charge on any atom is -0.306 e. The van der Waals surface area contributed by atoms with Crippen LogP contribution in [0.25, 0.3) is 0 Å². The standard InChI is InChI=1S/C4H5N2O/c1-3-4(7)6-2-5-3/h3H,1H3,(H,5,6,7). The third-order valence-electron chi connectivity index (χ3n) is 0.817. The van der Waals surface area contributed by atoms with Crippen LogP contribution in [0.4, 0.5) is 0 Å². The van der Waals surface area contributed by atoms with E-state index in [-0.39, 0.29) is 11.9 Å². The quantitative estimate of drug-likeness (QED) is 0.431. The highest BCUT2D eigenvalue weighted by Gasteiger charge is 2.13. The van der Waals surface area contributed by atoms with Crippen molar-refractivity contribution in [2.45, 2.75) is 13.0 Å². The molecule has 0 saturated carbocycles. The molecule has 37 valence electrons. The number of carbonyl (C=O) groups is 1. The lowest BCUT2D eigenvalue weighted by molar-refractivity contribution is -0.119. The van der Waals surface area contributed by atoms with E-state index in [9.17, 15) is 4.79 Å². The van der Waals surface area contributed by atoms with Crippen molar-refractivity contribution in [2.24, 2.45) is 4.99 Å². The molecule has 1 heterocycles. The first-order valence-electron chi connectivity index (χ1n) is 2.05. The summed E-state index contributed by atoms with van der Waals surface area (Å²) >= 11 is 0. The highest BCUT2D eigenvalue weighted by atomic mass is 16.2. The van der Waals surface area contributed by atoms with Gasteiger partial charge in [-0.15, -0.1) is 0 Å². The summed E-state index contributed by atoms with van der Waals surface area (Å²) in [5.41, 5.74) is 0. The monoisotopic (exact) mass is 97.0 g/mol. The van der Waals surface area contributed by atoms with Crippen LogP contribution in [0.1, 0.15) is 6.92 Å². The molecule has 1 N–H and O–H groups in total. The van der Waals surface area contributed by atoms with E-state index in [0.717, 1.165) is 0 Å². The highest BCUT2D eigenvalue weighted by molar-refractivity contribution is 5.96. The lowest BCUT2D eigenvalue weighted by atomic mass is 10.4. The van der Waals surface area contributed by atoms with Gasteiger partial charge in [0.1, 0.15) is 6.04 Å². The van der Waals surface area contributed by atoms with Gasteiger partial charge in [-0.2, -0.15) is 0 Å². The van der Waals surface area contributed by atoms with E-state index in [1.54, 1.807) is 6.92 Å². The summed E-state index contributed by atoms with van der Waals surface area (Å²) in [7, 11) is 0. The molecular formula is C4H5N2O. The second kappa shape index (κ2) is 1.33. The summed E-state index contributed by atoms with van der Waals surface area (Å²) in [6.45, 7) is 1.72. The third kappa shape index (κ3) is 0.607. The van der Waals surface area contributed by atoms with Crippen LogP contribution in [-0.2, 0) is 4.79 Å². The number of nitrogens with one attached hydrogen (secondary N) is 1. The molecule has 0 spiro atoms. The molecule has 1 unspecified atom stereocenters. The van der Waals surface area contributed by atoms with Crippen LogP contribution in [0.3, 0.4) is 0 Å². The fourth-order valence-electron chi connectivity index (χ4n) is 0.347. The summed E-state index contributed by atoms with van der Waals surface area (Å²) in [6, 6.07) is -0.222. The maximum atomic E-state index is 10.3. The van der Waals surface area contributed by atoms with Crippen LogP contribution in [0.5, 0.6) is 0 Å². The second-order valence-corrected chi connectivity index (χ2v) is 1.41. The molecule has 7 heavy (non-hydrogen) atoms. The van der Waals surface area contributed by atoms with Crippen molar-refractivity contribution in [1.29, 1.82) is 0 Å². The Balaban J connectivity index is 2.62. The van der Waals surface area contributed by atoms with E-state index in [2.05, 4.69) is 16.6 Å². The Morgan fingerprint density at radius 2 is 2.71 bits per heavy atom. The molecule has 1 radical (unpaired) electrons. The minimum absolute atomic E-state index is 0.0694. The van der Waals surface area contributed by atoms with Gasteiger partial charge in [0.15, 0.2) is 6.34 Å². The first kappa shape index (κ1) is 4.30. The van der Waals surface area contributed by atoms with E-state index in [0.29, 0.717) is 0 Å². The fourth-order valence-corrected chi connectivity index (χ4v) is 0.347. The molecule has 1 aliphatic rings. The zero-order chi connectivity index (χ0) is 5.28. The SMILES string of the molecule is CC1N=[C]NC1=O. The van der Waals surface area contributed by atoms with Gasteiger partial charge in [-0.25, -0.2) is 0 Å². The number of aliphatic imine (C=N–C) groups is 1. The van der Waals surface area contributed by atoms with Crippen LogP contribution in [-0.4, -0.2) is 18.3 Å². The second-order valence-electron chi connectivity index (χ2n) is 1.41. The van der Waals surface area contributed by atoms with Crippen LogP contribution >= 0.6 is 0 Å². The number of nitrogens with zero attached hydrogens (tertiary/aromatic N) is 1. The van der Waals surface area contributed by atoms with E-state index in [1.165, 1.54) is 0 Å². The normalized spacial score (nSPS) is 28.1. The zero-order valence-electron chi connectivity index (χ0n) is 3.93. The molecule has 0 aliphatic carbocycles. The van der Waals surface area contributed by atoms with Crippen molar-refractivity contribution in [2.75, 3.05) is 0 Å². The van der Waals surface area contributed by atoms with E-state index in [4.69, 9.17) is 0 Å². The van der Waals surface area contributed by atoms with Gasteiger partial charge < -0.3 is 5.32 Å². The van der Waals surface area contributed by atoms with Crippen molar-refractivity contribution in [3.05, 3.63) is 0 Å². The Bertz CT molecular complexity index is 119. The van der Waals surface area contributed by atoms with Gasteiger partial charge in [-0.05, 0) is 6.92 Å². The van der Waals surface area contributed by atoms with E-state index >= 15 is 0 Å². The minimum atomic E-state index is -0.222. The topological polar surface area (TPSA) is 41.5 Å². The molecule has 0 aromatic rings. The van der Waals surface area contributed by atoms with Crippen LogP contribution in [0.2, 0.25) is 0 Å². The average molecular weight is 97.1 g/mol. The molecule has 0 aromatic heterocycles. The van der Waals surface area contributed by atoms with Crippen molar-refractivity contribution in [3.63, 3.8) is 0 Å². The molecule has 1 atom stereocenters. The molecule has 3 nitrogen and oxygen atoms in total. The first-order chi connectivity index (χ1) is 3.30. The van der Waals surface area contributed by atoms with Gasteiger partial charge in [-0.1, -0.05) is 0 Å². The van der Waals surface area contributed by atoms with Crippen molar-refractivity contribution in [3.8, 4) is 0 Å². The van der Waals surface area contributed by atoms with Crippen LogP contribution in [0.15, 0.2) is 4.99 Å². The van der Waals surface area contributed by atoms with Crippen molar-refractivity contribution >= 4 is 12.2 Å². The van der Waals surface area contributed by atoms with Gasteiger partial charge in [0, 0.05) is 0 Å². The van der Waals surface area contributed by atoms with Gasteiger partial charge in [0.05, 0.1) is 0 Å². The highest BCUT2D eigenvalue weighted by Crippen LogP contribution is 1.90. The number of hydrogen-bond donors (Lipinski definition) is 1. The van der Waals surface area contributed by atoms with Crippen LogP contribution < -0.4 is 5.32 Å². The Hall–Kier alpha value is -0.860. The number of rotatable bonds is 0. The van der Waals surface area contributed by atoms with Crippen LogP contribution in [0, 0.1) is 0 Å². The predicted molar refractivity (Wildman–Crippen MR) is 25.0 cm³/mol. The van der Waals surface area contributed by atoms with Crippen molar-refractivity contribution in [1.82, 2.24) is 5.32 Å². The Morgan fingerprint density at radius 3 is 2.86 bits per heavy atom. The Morgan fingerprint density at radius 1 is 2.00 bits per heavy atom. The lowest BCUT2D eigenvalue weighted by Gasteiger charge is -1.88. The molecule has 0 bridgehead atoms. The van der Waals surface area contributed by atoms with E-state index < -0.39 is 0 Å². The van der Waals surface area contributed by atoms with Gasteiger partial charge in [0.2, 0.25) is 5.91 Å². The third-order valence-corrected chi connectivity index (χ3v) is 0.817. The Kier molecular flexibility index (Phi) is 0.817. The molecular weight excluding hydrogens is 92.1 g/mol. The lowest BCUT2D eigenvalue weighted by Crippen LogP contribution is -2.21. The maximum absolute atomic E-state index is 10.3. The molecule has 1 amide bonds. The number of hydrogen-bond acceptors (Lipinski definition) is 2. The van der Waals surface area contributed by atoms with Gasteiger partial charge >= 0.3 is 0 Å². The smallest absolute Gasteiger partial charge is 0.250 e. The number of amides is 1. The maximum Gasteiger partial charge on any atom is 0.250 e. The number of carbonyl (C=O) groups excluding carboxylic acids is 1. The summed E-state index contributed by atoms with van der Waals surface area (Å²) in [6.07, 6.45) is 2.35. The average Bonchev–Trinajstić information content (AvgIpc) is 1.91. The largest absolute Gasteiger partial charge is 0.306 e. The molecule has 0 saturated heterocycles. The Labute approximate surface area is 41.4 Å². The molecule has 1 aliphatic heterocycles. The molecule has 0 fully saturated rings. The van der Waals surface area contributed by atoms with Gasteiger partial charge in [-0.3, -0.25) is 9.79 Å². The summed E-state index contributed by atoms with van der Waals surface area (Å²) in [5, 5.41) is 2.31. The van der Waals surface area contributed by atoms with E-state index in [1.807, 2.05) is 0 Å². The summed E-state index contributed by atoms with van der Waals surface area (Å²) in [5.74, 6) is -0.0694. The fraction of sp³-hybridized carbons (Fsp3) is 0.500. The zero-order valence-corrected chi connectivity index (χ0v) is 3.93. The summed E-state index contributed by atoms with van der Waals surface area (Å²) in [4.78, 5) is 13.9. The summed E-state index contributed by atoms with van der Waals surface area (Å²) < 4.78 is 0.